The summed E-state index contributed by atoms with van der Waals surface area (Å²) in [5.41, 5.74) is 8.33. The van der Waals surface area contributed by atoms with E-state index < -0.39 is 0 Å². The zero-order valence-corrected chi connectivity index (χ0v) is 10.9. The van der Waals surface area contributed by atoms with Gasteiger partial charge in [-0.25, -0.2) is 9.97 Å². The summed E-state index contributed by atoms with van der Waals surface area (Å²) in [5.74, 6) is 0.303. The monoisotopic (exact) mass is 265 g/mol. The topological polar surface area (TPSA) is 111 Å². The molecule has 7 nitrogen and oxygen atoms in total. The minimum atomic E-state index is -0.130. The Morgan fingerprint density at radius 2 is 2.11 bits per heavy atom. The lowest BCUT2D eigenvalue weighted by Gasteiger charge is -2.20. The molecule has 0 saturated heterocycles. The van der Waals surface area contributed by atoms with Crippen molar-refractivity contribution >= 4 is 16.9 Å². The van der Waals surface area contributed by atoms with Crippen molar-refractivity contribution in [2.45, 2.75) is 6.54 Å². The van der Waals surface area contributed by atoms with Gasteiger partial charge in [0, 0.05) is 44.0 Å². The molecule has 2 rings (SSSR count). The minimum Gasteiger partial charge on any atom is -0.396 e. The van der Waals surface area contributed by atoms with Crippen LogP contribution in [0.1, 0.15) is 5.56 Å². The lowest BCUT2D eigenvalue weighted by atomic mass is 10.1. The van der Waals surface area contributed by atoms with Crippen LogP contribution in [0.2, 0.25) is 0 Å². The number of aromatic amines is 1. The molecule has 0 radical (unpaired) electrons. The number of rotatable bonds is 6. The normalized spacial score (nSPS) is 11.8. The van der Waals surface area contributed by atoms with Crippen molar-refractivity contribution in [3.8, 4) is 0 Å². The van der Waals surface area contributed by atoms with E-state index in [1.165, 1.54) is 6.33 Å². The first kappa shape index (κ1) is 13.7. The van der Waals surface area contributed by atoms with Gasteiger partial charge in [-0.15, -0.1) is 0 Å². The zero-order chi connectivity index (χ0) is 13.8. The average Bonchev–Trinajstić information content (AvgIpc) is 2.81. The number of nitrogen functional groups attached to an aromatic ring is 1. The molecule has 0 atom stereocenters. The second-order valence-electron chi connectivity index (χ2n) is 4.72. The maximum Gasteiger partial charge on any atom is 0.151 e. The van der Waals surface area contributed by atoms with Crippen LogP contribution in [0.25, 0.3) is 11.0 Å². The maximum atomic E-state index is 9.08. The molecule has 0 saturated carbocycles. The van der Waals surface area contributed by atoms with Gasteiger partial charge in [0.05, 0.1) is 5.52 Å². The summed E-state index contributed by atoms with van der Waals surface area (Å²) in [7, 11) is 1.93. The van der Waals surface area contributed by atoms with Gasteiger partial charge in [-0.3, -0.25) is 0 Å². The number of nitrogens with zero attached hydrogens (tertiary/aromatic N) is 3. The van der Waals surface area contributed by atoms with Crippen LogP contribution < -0.4 is 5.73 Å². The molecular weight excluding hydrogens is 246 g/mol. The summed E-state index contributed by atoms with van der Waals surface area (Å²) in [6, 6.07) is 0. The molecule has 19 heavy (non-hydrogen) atoms. The summed E-state index contributed by atoms with van der Waals surface area (Å²) >= 11 is 0. The predicted molar refractivity (Wildman–Crippen MR) is 72.3 cm³/mol. The van der Waals surface area contributed by atoms with E-state index >= 15 is 0 Å². The van der Waals surface area contributed by atoms with Crippen molar-refractivity contribution in [1.29, 1.82) is 0 Å². The fourth-order valence-corrected chi connectivity index (χ4v) is 2.10. The van der Waals surface area contributed by atoms with E-state index in [9.17, 15) is 0 Å². The third-order valence-electron chi connectivity index (χ3n) is 3.10. The summed E-state index contributed by atoms with van der Waals surface area (Å²) < 4.78 is 0. The number of H-pyrrole nitrogens is 1. The van der Waals surface area contributed by atoms with Crippen LogP contribution in [-0.2, 0) is 6.54 Å². The molecule has 0 bridgehead atoms. The number of nitrogens with one attached hydrogen (secondary N) is 1. The Bertz CT molecular complexity index is 538. The third kappa shape index (κ3) is 3.01. The number of anilines is 1. The molecule has 5 N–H and O–H groups in total. The molecule has 7 heteroatoms. The quantitative estimate of drug-likeness (QED) is 0.564. The molecule has 0 aromatic carbocycles. The van der Waals surface area contributed by atoms with Gasteiger partial charge in [0.25, 0.3) is 0 Å². The summed E-state index contributed by atoms with van der Waals surface area (Å²) in [5, 5.41) is 18.2. The van der Waals surface area contributed by atoms with Crippen molar-refractivity contribution in [3.63, 3.8) is 0 Å². The number of aliphatic hydroxyl groups is 2. The largest absolute Gasteiger partial charge is 0.396 e. The highest BCUT2D eigenvalue weighted by Crippen LogP contribution is 2.20. The Hall–Kier alpha value is -1.70. The summed E-state index contributed by atoms with van der Waals surface area (Å²) in [6.07, 6.45) is 3.30. The van der Waals surface area contributed by atoms with Crippen molar-refractivity contribution < 1.29 is 10.2 Å². The van der Waals surface area contributed by atoms with Crippen LogP contribution in [0.4, 0.5) is 5.82 Å². The number of nitrogens with two attached hydrogens (primary N) is 1. The van der Waals surface area contributed by atoms with E-state index in [1.807, 2.05) is 18.1 Å². The maximum absolute atomic E-state index is 9.08. The lowest BCUT2D eigenvalue weighted by molar-refractivity contribution is 0.117. The van der Waals surface area contributed by atoms with Crippen LogP contribution >= 0.6 is 0 Å². The van der Waals surface area contributed by atoms with E-state index in [0.717, 1.165) is 16.6 Å². The lowest BCUT2D eigenvalue weighted by Crippen LogP contribution is -2.29. The molecule has 2 aromatic rings. The Kier molecular flexibility index (Phi) is 4.31. The molecule has 2 aromatic heterocycles. The van der Waals surface area contributed by atoms with Gasteiger partial charge in [0.2, 0.25) is 0 Å². The van der Waals surface area contributed by atoms with E-state index in [0.29, 0.717) is 18.9 Å². The molecular formula is C12H19N5O2. The molecule has 0 spiro atoms. The van der Waals surface area contributed by atoms with Crippen LogP contribution in [0.5, 0.6) is 0 Å². The first-order chi connectivity index (χ1) is 9.15. The van der Waals surface area contributed by atoms with Gasteiger partial charge in [-0.1, -0.05) is 0 Å². The van der Waals surface area contributed by atoms with E-state index in [2.05, 4.69) is 15.0 Å². The van der Waals surface area contributed by atoms with Crippen molar-refractivity contribution in [1.82, 2.24) is 19.9 Å². The van der Waals surface area contributed by atoms with Crippen molar-refractivity contribution in [3.05, 3.63) is 18.1 Å². The molecule has 0 aliphatic rings. The van der Waals surface area contributed by atoms with Gasteiger partial charge in [0.15, 0.2) is 5.82 Å². The number of fused-ring (bicyclic) bond motifs is 1. The molecule has 0 aliphatic heterocycles. The fraction of sp³-hybridized carbons (Fsp3) is 0.500. The van der Waals surface area contributed by atoms with Crippen LogP contribution in [0, 0.1) is 5.92 Å². The van der Waals surface area contributed by atoms with Gasteiger partial charge in [0.1, 0.15) is 11.8 Å². The van der Waals surface area contributed by atoms with Crippen LogP contribution in [0.3, 0.4) is 0 Å². The smallest absolute Gasteiger partial charge is 0.151 e. The summed E-state index contributed by atoms with van der Waals surface area (Å²) in [6.45, 7) is 1.22. The van der Waals surface area contributed by atoms with Gasteiger partial charge in [-0.05, 0) is 7.05 Å². The number of aromatic nitrogens is 3. The molecule has 0 unspecified atom stereocenters. The van der Waals surface area contributed by atoms with Crippen molar-refractivity contribution in [2.24, 2.45) is 5.92 Å². The Morgan fingerprint density at radius 1 is 1.37 bits per heavy atom. The predicted octanol–water partition coefficient (Wildman–Crippen LogP) is -0.427. The SMILES string of the molecule is CN(Cc1c[nH]c2c(N)ncnc12)CC(CO)CO. The molecule has 0 amide bonds. The van der Waals surface area contributed by atoms with Crippen LogP contribution in [0.15, 0.2) is 12.5 Å². The first-order valence-electron chi connectivity index (χ1n) is 6.12. The average molecular weight is 265 g/mol. The number of hydrogen-bond acceptors (Lipinski definition) is 6. The molecule has 0 fully saturated rings. The highest BCUT2D eigenvalue weighted by Gasteiger charge is 2.13. The van der Waals surface area contributed by atoms with Gasteiger partial charge < -0.3 is 25.8 Å². The molecule has 104 valence electrons. The number of hydrogen-bond donors (Lipinski definition) is 4. The zero-order valence-electron chi connectivity index (χ0n) is 10.9. The highest BCUT2D eigenvalue weighted by molar-refractivity contribution is 5.86. The molecule has 2 heterocycles. The second kappa shape index (κ2) is 5.96. The van der Waals surface area contributed by atoms with Crippen molar-refractivity contribution in [2.75, 3.05) is 32.5 Å². The Balaban J connectivity index is 2.11. The second-order valence-corrected chi connectivity index (χ2v) is 4.72. The standard InChI is InChI=1S/C12H19N5O2/c1-17(3-8(5-18)6-19)4-9-2-14-11-10(9)15-7-16-12(11)13/h2,7-8,14,18-19H,3-6H2,1H3,(H2,13,15,16). The van der Waals surface area contributed by atoms with E-state index in [4.69, 9.17) is 15.9 Å². The third-order valence-corrected chi connectivity index (χ3v) is 3.10. The minimum absolute atomic E-state index is 0.0240. The van der Waals surface area contributed by atoms with Crippen LogP contribution in [-0.4, -0.2) is 56.9 Å². The Morgan fingerprint density at radius 3 is 2.79 bits per heavy atom. The van der Waals surface area contributed by atoms with Gasteiger partial charge in [-0.2, -0.15) is 0 Å². The van der Waals surface area contributed by atoms with Gasteiger partial charge >= 0.3 is 0 Å². The Labute approximate surface area is 111 Å². The highest BCUT2D eigenvalue weighted by atomic mass is 16.3. The fourth-order valence-electron chi connectivity index (χ4n) is 2.10. The first-order valence-corrected chi connectivity index (χ1v) is 6.12. The summed E-state index contributed by atoms with van der Waals surface area (Å²) in [4.78, 5) is 13.3. The van der Waals surface area contributed by atoms with E-state index in [1.54, 1.807) is 0 Å². The van der Waals surface area contributed by atoms with E-state index in [-0.39, 0.29) is 19.1 Å². The molecule has 0 aliphatic carbocycles. The number of aliphatic hydroxyl groups excluding tert-OH is 2.